The number of rotatable bonds is 2. The zero-order valence-electron chi connectivity index (χ0n) is 17.2. The third-order valence-electron chi connectivity index (χ3n) is 7.22. The van der Waals surface area contributed by atoms with Crippen molar-refractivity contribution in [3.8, 4) is 5.69 Å². The van der Waals surface area contributed by atoms with Gasteiger partial charge in [0.15, 0.2) is 5.82 Å². The molecule has 0 radical (unpaired) electrons. The number of benzene rings is 1. The van der Waals surface area contributed by atoms with Gasteiger partial charge < -0.3 is 9.64 Å². The van der Waals surface area contributed by atoms with Crippen molar-refractivity contribution in [2.24, 2.45) is 5.41 Å². The fourth-order valence-electron chi connectivity index (χ4n) is 5.74. The van der Waals surface area contributed by atoms with Crippen molar-refractivity contribution in [2.75, 3.05) is 24.6 Å². The number of carbonyl (C=O) groups is 1. The second-order valence-corrected chi connectivity index (χ2v) is 9.69. The normalized spacial score (nSPS) is 23.0. The van der Waals surface area contributed by atoms with Gasteiger partial charge in [-0.3, -0.25) is 9.47 Å². The van der Waals surface area contributed by atoms with Gasteiger partial charge in [-0.05, 0) is 42.7 Å². The lowest BCUT2D eigenvalue weighted by Gasteiger charge is -2.58. The van der Waals surface area contributed by atoms with Crippen LogP contribution in [0.3, 0.4) is 0 Å². The Hall–Kier alpha value is -3.20. The first-order valence-electron chi connectivity index (χ1n) is 10.8. The third-order valence-corrected chi connectivity index (χ3v) is 7.46. The van der Waals surface area contributed by atoms with E-state index in [1.807, 2.05) is 24.3 Å². The zero-order valence-corrected chi connectivity index (χ0v) is 17.9. The molecule has 1 amide bonds. The number of amides is 1. The second kappa shape index (κ2) is 6.41. The number of carbonyl (C=O) groups excluding carboxylic acids is 1. The van der Waals surface area contributed by atoms with Gasteiger partial charge in [-0.1, -0.05) is 11.6 Å². The van der Waals surface area contributed by atoms with Crippen molar-refractivity contribution < 1.29 is 9.53 Å². The van der Waals surface area contributed by atoms with E-state index in [1.165, 1.54) is 0 Å². The Bertz CT molecular complexity index is 1230. The monoisotopic (exact) mass is 449 g/mol. The molecule has 10 heteroatoms. The van der Waals surface area contributed by atoms with E-state index >= 15 is 0 Å². The number of nitrogens with zero attached hydrogens (tertiary/aromatic N) is 7. The Balaban J connectivity index is 1.20. The van der Waals surface area contributed by atoms with E-state index in [1.54, 1.807) is 17.3 Å². The molecular formula is C22H20ClN7O2. The molecule has 4 aliphatic rings. The Morgan fingerprint density at radius 1 is 1.09 bits per heavy atom. The average Bonchev–Trinajstić information content (AvgIpc) is 3.28. The quantitative estimate of drug-likeness (QED) is 0.593. The van der Waals surface area contributed by atoms with Crippen LogP contribution in [0.2, 0.25) is 5.02 Å². The maximum Gasteiger partial charge on any atom is 0.410 e. The highest BCUT2D eigenvalue weighted by Gasteiger charge is 2.55. The van der Waals surface area contributed by atoms with Crippen molar-refractivity contribution in [3.05, 3.63) is 58.9 Å². The van der Waals surface area contributed by atoms with Crippen molar-refractivity contribution in [1.29, 1.82) is 0 Å². The number of anilines is 1. The van der Waals surface area contributed by atoms with Gasteiger partial charge in [-0.15, -0.1) is 10.2 Å². The van der Waals surface area contributed by atoms with Crippen molar-refractivity contribution in [1.82, 2.24) is 29.6 Å². The minimum Gasteiger partial charge on any atom is -0.447 e. The van der Waals surface area contributed by atoms with Gasteiger partial charge in [-0.25, -0.2) is 14.8 Å². The summed E-state index contributed by atoms with van der Waals surface area (Å²) in [5, 5.41) is 9.81. The number of hydrogen-bond donors (Lipinski definition) is 0. The first kappa shape index (κ1) is 18.4. The molecule has 1 spiro atoms. The highest BCUT2D eigenvalue weighted by atomic mass is 35.5. The Morgan fingerprint density at radius 2 is 1.88 bits per heavy atom. The van der Waals surface area contributed by atoms with E-state index in [9.17, 15) is 4.79 Å². The Morgan fingerprint density at radius 3 is 2.69 bits per heavy atom. The zero-order chi connectivity index (χ0) is 21.4. The van der Waals surface area contributed by atoms with E-state index in [-0.39, 0.29) is 12.1 Å². The first-order chi connectivity index (χ1) is 15.6. The maximum absolute atomic E-state index is 12.4. The minimum absolute atomic E-state index is 0.238. The van der Waals surface area contributed by atoms with E-state index in [2.05, 4.69) is 29.6 Å². The van der Waals surface area contributed by atoms with E-state index in [4.69, 9.17) is 16.3 Å². The summed E-state index contributed by atoms with van der Waals surface area (Å²) in [6.07, 6.45) is 5.36. The molecule has 0 N–H and O–H groups in total. The van der Waals surface area contributed by atoms with Gasteiger partial charge in [0.05, 0.1) is 12.2 Å². The predicted molar refractivity (Wildman–Crippen MR) is 115 cm³/mol. The number of ether oxygens (including phenoxy) is 1. The molecule has 1 saturated carbocycles. The van der Waals surface area contributed by atoms with Crippen LogP contribution in [0.25, 0.3) is 5.69 Å². The second-order valence-electron chi connectivity index (χ2n) is 9.26. The van der Waals surface area contributed by atoms with E-state index in [0.717, 1.165) is 54.8 Å². The molecule has 1 aliphatic carbocycles. The summed E-state index contributed by atoms with van der Waals surface area (Å²) in [4.78, 5) is 25.0. The smallest absolute Gasteiger partial charge is 0.410 e. The van der Waals surface area contributed by atoms with Gasteiger partial charge in [0.2, 0.25) is 5.95 Å². The lowest BCUT2D eigenvalue weighted by Crippen LogP contribution is -2.62. The number of cyclic esters (lactones) is 1. The molecule has 3 aromatic rings. The molecule has 162 valence electrons. The lowest BCUT2D eigenvalue weighted by molar-refractivity contribution is 0.0574. The molecular weight excluding hydrogens is 430 g/mol. The lowest BCUT2D eigenvalue weighted by atomic mass is 9.57. The van der Waals surface area contributed by atoms with Gasteiger partial charge in [0, 0.05) is 41.8 Å². The molecule has 1 atom stereocenters. The van der Waals surface area contributed by atoms with Crippen LogP contribution < -0.4 is 4.90 Å². The molecule has 5 heterocycles. The van der Waals surface area contributed by atoms with Crippen LogP contribution in [-0.4, -0.2) is 55.4 Å². The van der Waals surface area contributed by atoms with Gasteiger partial charge in [0.1, 0.15) is 18.5 Å². The maximum atomic E-state index is 12.4. The van der Waals surface area contributed by atoms with Gasteiger partial charge >= 0.3 is 6.09 Å². The molecule has 32 heavy (non-hydrogen) atoms. The summed E-state index contributed by atoms with van der Waals surface area (Å²) in [6, 6.07) is 7.41. The van der Waals surface area contributed by atoms with Crippen molar-refractivity contribution in [2.45, 2.75) is 31.3 Å². The van der Waals surface area contributed by atoms with Gasteiger partial charge in [0.25, 0.3) is 0 Å². The molecule has 0 bridgehead atoms. The van der Waals surface area contributed by atoms with Gasteiger partial charge in [-0.2, -0.15) is 0 Å². The van der Waals surface area contributed by atoms with E-state index < -0.39 is 0 Å². The van der Waals surface area contributed by atoms with Crippen LogP contribution in [0.1, 0.15) is 42.0 Å². The highest BCUT2D eigenvalue weighted by Crippen LogP contribution is 2.56. The van der Waals surface area contributed by atoms with Crippen molar-refractivity contribution in [3.63, 3.8) is 0 Å². The highest BCUT2D eigenvalue weighted by molar-refractivity contribution is 6.30. The summed E-state index contributed by atoms with van der Waals surface area (Å²) < 4.78 is 7.48. The molecule has 2 saturated heterocycles. The topological polar surface area (TPSA) is 89.3 Å². The van der Waals surface area contributed by atoms with Crippen LogP contribution in [0.15, 0.2) is 36.7 Å². The van der Waals surface area contributed by atoms with Crippen LogP contribution in [-0.2, 0) is 11.3 Å². The SMILES string of the molecule is O=C1OCC2c3nnc(C4CC5(C4)CN(c4ncccn4)C5)n3-c3ccc(Cl)cc3CN12. The molecule has 1 unspecified atom stereocenters. The van der Waals surface area contributed by atoms with Crippen LogP contribution in [0.5, 0.6) is 0 Å². The molecule has 9 nitrogen and oxygen atoms in total. The average molecular weight is 450 g/mol. The van der Waals surface area contributed by atoms with Crippen LogP contribution in [0, 0.1) is 5.41 Å². The standard InChI is InChI=1S/C22H20ClN7O2/c23-15-2-3-16-13(6-15)9-29-17(10-32-21(29)31)19-27-26-18(30(16)19)14-7-22(8-14)11-28(12-22)20-24-4-1-5-25-20/h1-6,14,17H,7-12H2. The summed E-state index contributed by atoms with van der Waals surface area (Å²) in [5.74, 6) is 2.85. The first-order valence-corrected chi connectivity index (χ1v) is 11.2. The number of fused-ring (bicyclic) bond motifs is 5. The summed E-state index contributed by atoms with van der Waals surface area (Å²) in [6.45, 7) is 2.68. The minimum atomic E-state index is -0.320. The third kappa shape index (κ3) is 2.54. The summed E-state index contributed by atoms with van der Waals surface area (Å²) >= 11 is 6.29. The number of hydrogen-bond acceptors (Lipinski definition) is 7. The number of aromatic nitrogens is 5. The molecule has 1 aromatic carbocycles. The fourth-order valence-corrected chi connectivity index (χ4v) is 5.94. The molecule has 3 fully saturated rings. The molecule has 7 rings (SSSR count). The summed E-state index contributed by atoms with van der Waals surface area (Å²) in [7, 11) is 0. The fraction of sp³-hybridized carbons (Fsp3) is 0.409. The Labute approximate surface area is 189 Å². The van der Waals surface area contributed by atoms with Crippen LogP contribution >= 0.6 is 11.6 Å². The molecule has 3 aliphatic heterocycles. The summed E-state index contributed by atoms with van der Waals surface area (Å²) in [5.41, 5.74) is 2.27. The largest absolute Gasteiger partial charge is 0.447 e. The number of halogens is 1. The van der Waals surface area contributed by atoms with E-state index in [0.29, 0.717) is 29.5 Å². The Kier molecular flexibility index (Phi) is 3.68. The van der Waals surface area contributed by atoms with Crippen molar-refractivity contribution >= 4 is 23.6 Å². The van der Waals surface area contributed by atoms with Crippen LogP contribution in [0.4, 0.5) is 10.7 Å². The molecule has 2 aromatic heterocycles. The predicted octanol–water partition coefficient (Wildman–Crippen LogP) is 3.10.